The number of aromatic hydroxyl groups is 1. The van der Waals surface area contributed by atoms with E-state index in [0.717, 1.165) is 50.3 Å². The second-order valence-corrected chi connectivity index (χ2v) is 7.85. The van der Waals surface area contributed by atoms with E-state index in [1.807, 2.05) is 24.3 Å². The van der Waals surface area contributed by atoms with Crippen molar-refractivity contribution < 1.29 is 14.2 Å². The Labute approximate surface area is 167 Å². The summed E-state index contributed by atoms with van der Waals surface area (Å²) in [6.45, 7) is 4.93. The molecule has 0 aliphatic carbocycles. The first-order valence-electron chi connectivity index (χ1n) is 10.1. The fourth-order valence-corrected chi connectivity index (χ4v) is 4.12. The van der Waals surface area contributed by atoms with E-state index in [0.29, 0.717) is 11.7 Å². The number of phenols is 1. The Morgan fingerprint density at radius 3 is 2.86 bits per heavy atom. The van der Waals surface area contributed by atoms with Gasteiger partial charge in [0.2, 0.25) is 0 Å². The summed E-state index contributed by atoms with van der Waals surface area (Å²) in [4.78, 5) is 4.80. The number of nitrogens with zero attached hydrogens (tertiary/aromatic N) is 2. The highest BCUT2D eigenvalue weighted by atomic mass is 19.1. The molecule has 0 saturated carbocycles. The highest BCUT2D eigenvalue weighted by Gasteiger charge is 2.21. The molecule has 28 heavy (non-hydrogen) atoms. The normalized spacial score (nSPS) is 17.8. The molecular formula is C23H31FN2O2. The van der Waals surface area contributed by atoms with Gasteiger partial charge in [0, 0.05) is 26.2 Å². The van der Waals surface area contributed by atoms with Crippen molar-refractivity contribution in [1.29, 1.82) is 0 Å². The zero-order chi connectivity index (χ0) is 19.9. The summed E-state index contributed by atoms with van der Waals surface area (Å²) in [5.74, 6) is 1.22. The van der Waals surface area contributed by atoms with Crippen molar-refractivity contribution in [3.8, 4) is 11.5 Å². The molecule has 2 aromatic rings. The van der Waals surface area contributed by atoms with Crippen LogP contribution in [-0.4, -0.2) is 55.2 Å². The maximum atomic E-state index is 13.8. The maximum Gasteiger partial charge on any atom is 0.160 e. The number of piperidine rings is 1. The number of ether oxygens (including phenoxy) is 1. The Morgan fingerprint density at radius 2 is 2.07 bits per heavy atom. The molecule has 1 heterocycles. The third kappa shape index (κ3) is 5.69. The summed E-state index contributed by atoms with van der Waals surface area (Å²) >= 11 is 0. The van der Waals surface area contributed by atoms with Crippen LogP contribution in [0.5, 0.6) is 11.5 Å². The van der Waals surface area contributed by atoms with Gasteiger partial charge in [0.1, 0.15) is 5.82 Å². The van der Waals surface area contributed by atoms with Crippen LogP contribution in [-0.2, 0) is 13.0 Å². The van der Waals surface area contributed by atoms with E-state index in [-0.39, 0.29) is 11.6 Å². The molecule has 5 heteroatoms. The van der Waals surface area contributed by atoms with Crippen LogP contribution < -0.4 is 4.74 Å². The number of likely N-dealkylation sites (tertiary alicyclic amines) is 1. The molecule has 3 rings (SSSR count). The number of hydrogen-bond donors (Lipinski definition) is 1. The minimum absolute atomic E-state index is 0.0971. The Balaban J connectivity index is 1.48. The molecule has 2 aromatic carbocycles. The Hall–Kier alpha value is -2.11. The second-order valence-electron chi connectivity index (χ2n) is 7.85. The fourth-order valence-electron chi connectivity index (χ4n) is 4.12. The van der Waals surface area contributed by atoms with E-state index < -0.39 is 0 Å². The molecule has 0 aromatic heterocycles. The zero-order valence-electron chi connectivity index (χ0n) is 16.9. The number of hydrogen-bond acceptors (Lipinski definition) is 4. The van der Waals surface area contributed by atoms with Crippen LogP contribution in [0.1, 0.15) is 24.0 Å². The van der Waals surface area contributed by atoms with Crippen LogP contribution in [0.4, 0.5) is 4.39 Å². The Bertz CT molecular complexity index is 768. The highest BCUT2D eigenvalue weighted by molar-refractivity contribution is 5.41. The van der Waals surface area contributed by atoms with Gasteiger partial charge in [-0.2, -0.15) is 0 Å². The van der Waals surface area contributed by atoms with E-state index in [1.54, 1.807) is 25.3 Å². The smallest absolute Gasteiger partial charge is 0.160 e. The van der Waals surface area contributed by atoms with Crippen LogP contribution >= 0.6 is 0 Å². The maximum absolute atomic E-state index is 13.8. The molecule has 1 aliphatic heterocycles. The molecule has 0 bridgehead atoms. The lowest BCUT2D eigenvalue weighted by molar-refractivity contribution is 0.142. The van der Waals surface area contributed by atoms with Gasteiger partial charge in [-0.3, -0.25) is 0 Å². The molecule has 1 atom stereocenters. The largest absolute Gasteiger partial charge is 0.504 e. The summed E-state index contributed by atoms with van der Waals surface area (Å²) in [5, 5.41) is 9.74. The quantitative estimate of drug-likeness (QED) is 0.746. The predicted octanol–water partition coefficient (Wildman–Crippen LogP) is 3.93. The summed E-state index contributed by atoms with van der Waals surface area (Å²) in [6, 6.07) is 12.6. The predicted molar refractivity (Wildman–Crippen MR) is 110 cm³/mol. The summed E-state index contributed by atoms with van der Waals surface area (Å²) in [7, 11) is 3.71. The first kappa shape index (κ1) is 20.6. The van der Waals surface area contributed by atoms with Crippen molar-refractivity contribution >= 4 is 0 Å². The third-order valence-electron chi connectivity index (χ3n) is 5.52. The number of benzene rings is 2. The summed E-state index contributed by atoms with van der Waals surface area (Å²) in [6.07, 6.45) is 3.20. The zero-order valence-corrected chi connectivity index (χ0v) is 16.9. The van der Waals surface area contributed by atoms with E-state index in [4.69, 9.17) is 4.74 Å². The summed E-state index contributed by atoms with van der Waals surface area (Å²) < 4.78 is 19.0. The molecule has 0 radical (unpaired) electrons. The minimum Gasteiger partial charge on any atom is -0.504 e. The van der Waals surface area contributed by atoms with E-state index >= 15 is 0 Å². The lowest BCUT2D eigenvalue weighted by Crippen LogP contribution is -2.40. The van der Waals surface area contributed by atoms with Gasteiger partial charge in [-0.15, -0.1) is 0 Å². The van der Waals surface area contributed by atoms with E-state index in [2.05, 4.69) is 16.8 Å². The number of methoxy groups -OCH3 is 1. The SMILES string of the molecule is COc1cc(CN(C)C[C@@H]2CCCN(CCc3ccccc3F)C2)ccc1O. The van der Waals surface area contributed by atoms with Crippen molar-refractivity contribution in [1.82, 2.24) is 9.80 Å². The van der Waals surface area contributed by atoms with Crippen LogP contribution in [0.3, 0.4) is 0 Å². The molecule has 1 aliphatic rings. The standard InChI is InChI=1S/C23H31FN2O2/c1-25(15-18-9-10-22(27)23(14-18)28-2)16-19-6-5-12-26(17-19)13-11-20-7-3-4-8-21(20)24/h3-4,7-10,14,19,27H,5-6,11-13,15-17H2,1-2H3/t19-/m0/s1. The topological polar surface area (TPSA) is 35.9 Å². The molecule has 4 nitrogen and oxygen atoms in total. The number of halogens is 1. The van der Waals surface area contributed by atoms with E-state index in [1.165, 1.54) is 12.8 Å². The molecule has 152 valence electrons. The fraction of sp³-hybridized carbons (Fsp3) is 0.478. The lowest BCUT2D eigenvalue weighted by Gasteiger charge is -2.34. The van der Waals surface area contributed by atoms with Crippen LogP contribution in [0, 0.1) is 11.7 Å². The molecule has 1 saturated heterocycles. The Morgan fingerprint density at radius 1 is 1.25 bits per heavy atom. The van der Waals surface area contributed by atoms with Crippen molar-refractivity contribution in [2.75, 3.05) is 40.3 Å². The van der Waals surface area contributed by atoms with Gasteiger partial charge < -0.3 is 19.6 Å². The number of rotatable bonds is 8. The third-order valence-corrected chi connectivity index (χ3v) is 5.52. The van der Waals surface area contributed by atoms with Gasteiger partial charge in [-0.1, -0.05) is 24.3 Å². The van der Waals surface area contributed by atoms with Crippen LogP contribution in [0.15, 0.2) is 42.5 Å². The van der Waals surface area contributed by atoms with Crippen molar-refractivity contribution in [2.45, 2.75) is 25.8 Å². The average molecular weight is 387 g/mol. The molecule has 1 fully saturated rings. The van der Waals surface area contributed by atoms with Gasteiger partial charge in [0.25, 0.3) is 0 Å². The van der Waals surface area contributed by atoms with Crippen molar-refractivity contribution in [3.05, 3.63) is 59.4 Å². The molecule has 0 spiro atoms. The number of phenolic OH excluding ortho intramolecular Hbond substituents is 1. The minimum atomic E-state index is -0.0971. The second kappa shape index (κ2) is 9.89. The van der Waals surface area contributed by atoms with Gasteiger partial charge in [-0.05, 0) is 68.1 Å². The van der Waals surface area contributed by atoms with Crippen molar-refractivity contribution in [2.24, 2.45) is 5.92 Å². The first-order valence-corrected chi connectivity index (χ1v) is 10.1. The first-order chi connectivity index (χ1) is 13.5. The average Bonchev–Trinajstić information content (AvgIpc) is 2.69. The molecular weight excluding hydrogens is 355 g/mol. The monoisotopic (exact) mass is 386 g/mol. The highest BCUT2D eigenvalue weighted by Crippen LogP contribution is 2.27. The summed E-state index contributed by atoms with van der Waals surface area (Å²) in [5.41, 5.74) is 1.94. The van der Waals surface area contributed by atoms with Gasteiger partial charge >= 0.3 is 0 Å². The van der Waals surface area contributed by atoms with Gasteiger partial charge in [0.15, 0.2) is 11.5 Å². The molecule has 0 amide bonds. The van der Waals surface area contributed by atoms with Gasteiger partial charge in [0.05, 0.1) is 7.11 Å². The van der Waals surface area contributed by atoms with Crippen LogP contribution in [0.25, 0.3) is 0 Å². The molecule has 0 unspecified atom stereocenters. The van der Waals surface area contributed by atoms with Gasteiger partial charge in [-0.25, -0.2) is 4.39 Å². The van der Waals surface area contributed by atoms with E-state index in [9.17, 15) is 9.50 Å². The lowest BCUT2D eigenvalue weighted by atomic mass is 9.97. The molecule has 1 N–H and O–H groups in total. The van der Waals surface area contributed by atoms with Crippen molar-refractivity contribution in [3.63, 3.8) is 0 Å². The van der Waals surface area contributed by atoms with Crippen LogP contribution in [0.2, 0.25) is 0 Å². The Kier molecular flexibility index (Phi) is 7.29.